The first-order valence-electron chi connectivity index (χ1n) is 9.89. The van der Waals surface area contributed by atoms with E-state index in [1.165, 1.54) is 12.8 Å². The van der Waals surface area contributed by atoms with E-state index >= 15 is 0 Å². The van der Waals surface area contributed by atoms with Crippen LogP contribution in [0.5, 0.6) is 0 Å². The van der Waals surface area contributed by atoms with Gasteiger partial charge < -0.3 is 0 Å². The minimum atomic E-state index is -3.45. The molecule has 0 aromatic heterocycles. The second-order valence-electron chi connectivity index (χ2n) is 7.54. The van der Waals surface area contributed by atoms with E-state index in [0.717, 1.165) is 28.8 Å². The van der Waals surface area contributed by atoms with Crippen molar-refractivity contribution < 1.29 is 9.05 Å². The Labute approximate surface area is 161 Å². The van der Waals surface area contributed by atoms with Crippen molar-refractivity contribution in [2.24, 2.45) is 0 Å². The number of hydrogen-bond donors (Lipinski definition) is 0. The molecule has 3 aromatic carbocycles. The van der Waals surface area contributed by atoms with Crippen molar-refractivity contribution in [2.75, 3.05) is 0 Å². The van der Waals surface area contributed by atoms with Gasteiger partial charge in [-0.3, -0.25) is 0 Å². The first-order valence-corrected chi connectivity index (χ1v) is 12.0. The van der Waals surface area contributed by atoms with Crippen LogP contribution in [0.2, 0.25) is 0 Å². The summed E-state index contributed by atoms with van der Waals surface area (Å²) >= 11 is 0. The third kappa shape index (κ3) is 2.44. The Kier molecular flexibility index (Phi) is 4.16. The molecule has 1 aliphatic carbocycles. The van der Waals surface area contributed by atoms with Gasteiger partial charge in [-0.1, -0.05) is 0 Å². The van der Waals surface area contributed by atoms with E-state index in [2.05, 4.69) is 91.0 Å². The molecule has 2 fully saturated rings. The van der Waals surface area contributed by atoms with Gasteiger partial charge in [-0.15, -0.1) is 0 Å². The van der Waals surface area contributed by atoms with Crippen LogP contribution < -0.4 is 15.9 Å². The summed E-state index contributed by atoms with van der Waals surface area (Å²) in [4.78, 5) is 0. The van der Waals surface area contributed by atoms with Crippen molar-refractivity contribution in [3.63, 3.8) is 0 Å². The summed E-state index contributed by atoms with van der Waals surface area (Å²) in [5.74, 6) is 0. The summed E-state index contributed by atoms with van der Waals surface area (Å²) in [6, 6.07) is 31.9. The average Bonchev–Trinajstić information content (AvgIpc) is 3.14. The molecule has 0 spiro atoms. The average molecular weight is 376 g/mol. The molecule has 3 aromatic rings. The molecule has 1 saturated heterocycles. The van der Waals surface area contributed by atoms with E-state index in [-0.39, 0.29) is 12.2 Å². The van der Waals surface area contributed by atoms with E-state index in [4.69, 9.17) is 9.05 Å². The maximum absolute atomic E-state index is 7.21. The molecule has 0 amide bonds. The molecule has 2 atom stereocenters. The second kappa shape index (κ2) is 6.56. The van der Waals surface area contributed by atoms with Crippen molar-refractivity contribution in [1.29, 1.82) is 0 Å². The van der Waals surface area contributed by atoms with Crippen LogP contribution in [-0.4, -0.2) is 12.2 Å². The maximum atomic E-state index is 7.21. The molecule has 1 saturated carbocycles. The molecule has 0 bridgehead atoms. The van der Waals surface area contributed by atoms with Crippen LogP contribution in [0.4, 0.5) is 0 Å². The standard InChI is InChI=1S/C24H25O2P/c1-4-12-20(13-5-1)27(21-14-6-2-7-15-21,22-16-8-3-9-17-22)25-23-18-10-11-19-24(23)26-27/h1-9,12-17,23-24H,10-11,18-19H2. The Hall–Kier alpha value is -1.99. The molecule has 3 heteroatoms. The van der Waals surface area contributed by atoms with Gasteiger partial charge in [0.2, 0.25) is 0 Å². The number of rotatable bonds is 3. The first kappa shape index (κ1) is 17.1. The Morgan fingerprint density at radius 1 is 0.519 bits per heavy atom. The first-order chi connectivity index (χ1) is 13.3. The van der Waals surface area contributed by atoms with Crippen molar-refractivity contribution >= 4 is 23.0 Å². The van der Waals surface area contributed by atoms with Crippen LogP contribution in [0.3, 0.4) is 0 Å². The minimum absolute atomic E-state index is 0.164. The summed E-state index contributed by atoms with van der Waals surface area (Å²) in [6.45, 7) is 0. The zero-order valence-electron chi connectivity index (χ0n) is 15.4. The number of fused-ring (bicyclic) bond motifs is 1. The van der Waals surface area contributed by atoms with Crippen LogP contribution in [0.25, 0.3) is 0 Å². The SMILES string of the molecule is c1ccc(P2(c3ccccc3)(c3ccccc3)OC3CCCCC3O2)cc1. The van der Waals surface area contributed by atoms with Gasteiger partial charge in [-0.2, -0.15) is 0 Å². The van der Waals surface area contributed by atoms with Gasteiger partial charge in [0.15, 0.2) is 0 Å². The van der Waals surface area contributed by atoms with E-state index < -0.39 is 7.06 Å². The number of benzene rings is 3. The summed E-state index contributed by atoms with van der Waals surface area (Å²) in [6.07, 6.45) is 4.92. The van der Waals surface area contributed by atoms with E-state index in [0.29, 0.717) is 0 Å². The molecule has 5 rings (SSSR count). The van der Waals surface area contributed by atoms with Crippen LogP contribution in [0.15, 0.2) is 91.0 Å². The van der Waals surface area contributed by atoms with Crippen LogP contribution in [0, 0.1) is 0 Å². The Bertz CT molecular complexity index is 793. The fraction of sp³-hybridized carbons (Fsp3) is 0.250. The van der Waals surface area contributed by atoms with Crippen molar-refractivity contribution in [3.05, 3.63) is 91.0 Å². The molecule has 1 heterocycles. The summed E-state index contributed by atoms with van der Waals surface area (Å²) in [5, 5.41) is 3.49. The van der Waals surface area contributed by atoms with Gasteiger partial charge >= 0.3 is 161 Å². The molecule has 138 valence electrons. The third-order valence-electron chi connectivity index (χ3n) is 5.99. The molecule has 0 radical (unpaired) electrons. The Balaban J connectivity index is 1.87. The van der Waals surface area contributed by atoms with E-state index in [9.17, 15) is 0 Å². The predicted molar refractivity (Wildman–Crippen MR) is 113 cm³/mol. The zero-order valence-corrected chi connectivity index (χ0v) is 16.3. The number of hydrogen-bond acceptors (Lipinski definition) is 2. The van der Waals surface area contributed by atoms with Crippen molar-refractivity contribution in [2.45, 2.75) is 37.9 Å². The normalized spacial score (nSPS) is 27.2. The van der Waals surface area contributed by atoms with Gasteiger partial charge in [0.1, 0.15) is 0 Å². The monoisotopic (exact) mass is 376 g/mol. The summed E-state index contributed by atoms with van der Waals surface area (Å²) < 4.78 is 14.4. The summed E-state index contributed by atoms with van der Waals surface area (Å²) in [5.41, 5.74) is 0. The fourth-order valence-electron chi connectivity index (χ4n) is 4.75. The van der Waals surface area contributed by atoms with E-state index in [1.807, 2.05) is 0 Å². The molecule has 1 aliphatic heterocycles. The van der Waals surface area contributed by atoms with E-state index in [1.54, 1.807) is 0 Å². The fourth-order valence-corrected chi connectivity index (χ4v) is 10.1. The topological polar surface area (TPSA) is 18.5 Å². The molecular weight excluding hydrogens is 351 g/mol. The van der Waals surface area contributed by atoms with Gasteiger partial charge in [0, 0.05) is 0 Å². The van der Waals surface area contributed by atoms with Gasteiger partial charge in [-0.25, -0.2) is 0 Å². The van der Waals surface area contributed by atoms with Crippen LogP contribution in [-0.2, 0) is 9.05 Å². The molecule has 0 N–H and O–H groups in total. The van der Waals surface area contributed by atoms with Crippen LogP contribution >= 0.6 is 7.06 Å². The van der Waals surface area contributed by atoms with Gasteiger partial charge in [0.25, 0.3) is 0 Å². The molecule has 2 unspecified atom stereocenters. The quantitative estimate of drug-likeness (QED) is 0.617. The molecule has 2 nitrogen and oxygen atoms in total. The van der Waals surface area contributed by atoms with Crippen molar-refractivity contribution in [1.82, 2.24) is 0 Å². The predicted octanol–water partition coefficient (Wildman–Crippen LogP) is 4.70. The zero-order chi connectivity index (χ0) is 18.2. The molecular formula is C24H25O2P. The Morgan fingerprint density at radius 3 is 1.19 bits per heavy atom. The van der Waals surface area contributed by atoms with Crippen molar-refractivity contribution in [3.8, 4) is 0 Å². The van der Waals surface area contributed by atoms with Gasteiger partial charge in [0.05, 0.1) is 0 Å². The van der Waals surface area contributed by atoms with Gasteiger partial charge in [-0.05, 0) is 0 Å². The summed E-state index contributed by atoms with van der Waals surface area (Å²) in [7, 11) is -3.45. The van der Waals surface area contributed by atoms with Crippen LogP contribution in [0.1, 0.15) is 25.7 Å². The third-order valence-corrected chi connectivity index (χ3v) is 11.0. The molecule has 27 heavy (non-hydrogen) atoms. The molecule has 2 aliphatic rings. The second-order valence-corrected chi connectivity index (χ2v) is 11.4. The Morgan fingerprint density at radius 2 is 0.852 bits per heavy atom.